The molecule has 1 aliphatic heterocycles. The molecule has 0 fully saturated rings. The van der Waals surface area contributed by atoms with Crippen LogP contribution in [-0.2, 0) is 19.5 Å². The van der Waals surface area contributed by atoms with Gasteiger partial charge in [0, 0.05) is 19.6 Å². The first-order valence-corrected chi connectivity index (χ1v) is 7.02. The van der Waals surface area contributed by atoms with Crippen LogP contribution in [0.3, 0.4) is 0 Å². The van der Waals surface area contributed by atoms with Gasteiger partial charge >= 0.3 is 0 Å². The van der Waals surface area contributed by atoms with Gasteiger partial charge in [-0.25, -0.2) is 4.39 Å². The largest absolute Gasteiger partial charge is 0.364 e. The second-order valence-electron chi connectivity index (χ2n) is 5.26. The van der Waals surface area contributed by atoms with Gasteiger partial charge in [0.2, 0.25) is 0 Å². The van der Waals surface area contributed by atoms with E-state index < -0.39 is 0 Å². The first kappa shape index (κ1) is 13.1. The molecule has 0 atom stereocenters. The summed E-state index contributed by atoms with van der Waals surface area (Å²) in [5.41, 5.74) is 4.52. The molecule has 2 nitrogen and oxygen atoms in total. The van der Waals surface area contributed by atoms with E-state index in [-0.39, 0.29) is 5.82 Å². The van der Waals surface area contributed by atoms with Gasteiger partial charge in [-0.15, -0.1) is 0 Å². The maximum Gasteiger partial charge on any atom is 0.146 e. The van der Waals surface area contributed by atoms with Gasteiger partial charge in [0.1, 0.15) is 5.82 Å². The number of anilines is 1. The topological polar surface area (TPSA) is 15.3 Å². The van der Waals surface area contributed by atoms with Gasteiger partial charge in [-0.2, -0.15) is 0 Å². The van der Waals surface area contributed by atoms with E-state index in [0.29, 0.717) is 5.69 Å². The molecule has 0 amide bonds. The fourth-order valence-corrected chi connectivity index (χ4v) is 2.82. The molecular formula is C17H19FN2. The van der Waals surface area contributed by atoms with Crippen molar-refractivity contribution in [2.75, 3.05) is 18.5 Å². The number of benzene rings is 2. The normalized spacial score (nSPS) is 14.2. The smallest absolute Gasteiger partial charge is 0.146 e. The molecule has 1 aliphatic rings. The fourth-order valence-electron chi connectivity index (χ4n) is 2.82. The third kappa shape index (κ3) is 2.54. The van der Waals surface area contributed by atoms with E-state index in [9.17, 15) is 4.39 Å². The summed E-state index contributed by atoms with van der Waals surface area (Å²) in [5, 5.41) is 3.11. The van der Waals surface area contributed by atoms with E-state index in [4.69, 9.17) is 0 Å². The predicted molar refractivity (Wildman–Crippen MR) is 80.4 cm³/mol. The Kier molecular flexibility index (Phi) is 3.70. The zero-order valence-electron chi connectivity index (χ0n) is 11.7. The Morgan fingerprint density at radius 2 is 1.95 bits per heavy atom. The van der Waals surface area contributed by atoms with Crippen LogP contribution in [0.5, 0.6) is 0 Å². The average Bonchev–Trinajstić information content (AvgIpc) is 2.49. The van der Waals surface area contributed by atoms with E-state index in [0.717, 1.165) is 31.6 Å². The first-order chi connectivity index (χ1) is 9.78. The van der Waals surface area contributed by atoms with Crippen molar-refractivity contribution in [3.05, 3.63) is 65.0 Å². The highest BCUT2D eigenvalue weighted by Gasteiger charge is 2.18. The molecule has 20 heavy (non-hydrogen) atoms. The Labute approximate surface area is 119 Å². The van der Waals surface area contributed by atoms with Crippen molar-refractivity contribution >= 4 is 5.69 Å². The van der Waals surface area contributed by atoms with Gasteiger partial charge < -0.3 is 10.2 Å². The van der Waals surface area contributed by atoms with Crippen molar-refractivity contribution in [1.82, 2.24) is 5.32 Å². The Balaban J connectivity index is 1.89. The minimum Gasteiger partial charge on any atom is -0.364 e. The second kappa shape index (κ2) is 5.63. The monoisotopic (exact) mass is 270 g/mol. The molecule has 1 N–H and O–H groups in total. The molecule has 2 aromatic carbocycles. The maximum atomic E-state index is 14.1. The molecule has 3 heteroatoms. The van der Waals surface area contributed by atoms with Crippen LogP contribution in [0, 0.1) is 5.82 Å². The van der Waals surface area contributed by atoms with E-state index in [1.807, 2.05) is 19.2 Å². The van der Waals surface area contributed by atoms with Gasteiger partial charge in [-0.05, 0) is 42.3 Å². The molecule has 0 radical (unpaired) electrons. The van der Waals surface area contributed by atoms with E-state index >= 15 is 0 Å². The number of rotatable bonds is 3. The van der Waals surface area contributed by atoms with Crippen LogP contribution in [0.4, 0.5) is 10.1 Å². The van der Waals surface area contributed by atoms with Gasteiger partial charge in [0.25, 0.3) is 0 Å². The lowest BCUT2D eigenvalue weighted by atomic mass is 9.99. The molecule has 1 heterocycles. The number of nitrogens with zero attached hydrogens (tertiary/aromatic N) is 1. The van der Waals surface area contributed by atoms with Crippen molar-refractivity contribution in [2.45, 2.75) is 19.5 Å². The average molecular weight is 270 g/mol. The number of fused-ring (bicyclic) bond motifs is 1. The molecule has 0 aromatic heterocycles. The fraction of sp³-hybridized carbons (Fsp3) is 0.294. The summed E-state index contributed by atoms with van der Waals surface area (Å²) in [6.07, 6.45) is 0.978. The Hall–Kier alpha value is -1.87. The lowest BCUT2D eigenvalue weighted by molar-refractivity contribution is 0.609. The molecule has 0 bridgehead atoms. The lowest BCUT2D eigenvalue weighted by Crippen LogP contribution is -2.31. The van der Waals surface area contributed by atoms with Crippen molar-refractivity contribution < 1.29 is 4.39 Å². The number of nitrogens with one attached hydrogen (secondary N) is 1. The number of halogens is 1. The summed E-state index contributed by atoms with van der Waals surface area (Å²) in [5.74, 6) is -0.135. The van der Waals surface area contributed by atoms with Gasteiger partial charge in [-0.1, -0.05) is 30.3 Å². The van der Waals surface area contributed by atoms with Crippen molar-refractivity contribution in [3.8, 4) is 0 Å². The maximum absolute atomic E-state index is 14.1. The van der Waals surface area contributed by atoms with Crippen molar-refractivity contribution in [2.24, 2.45) is 0 Å². The third-order valence-electron chi connectivity index (χ3n) is 3.86. The molecule has 0 spiro atoms. The standard InChI is InChI=1S/C17H19FN2/c1-19-11-13-6-7-16(18)17(10-13)20-9-8-14-4-2-3-5-15(14)12-20/h2-7,10,19H,8-9,11-12H2,1H3. The second-order valence-corrected chi connectivity index (χ2v) is 5.26. The molecule has 2 aromatic rings. The summed E-state index contributed by atoms with van der Waals surface area (Å²) in [7, 11) is 1.90. The summed E-state index contributed by atoms with van der Waals surface area (Å²) in [4.78, 5) is 2.14. The summed E-state index contributed by atoms with van der Waals surface area (Å²) in [6.45, 7) is 2.42. The van der Waals surface area contributed by atoms with Crippen molar-refractivity contribution in [1.29, 1.82) is 0 Å². The zero-order valence-corrected chi connectivity index (χ0v) is 11.7. The minimum absolute atomic E-state index is 0.135. The van der Waals surface area contributed by atoms with Crippen LogP contribution in [0.2, 0.25) is 0 Å². The van der Waals surface area contributed by atoms with Gasteiger partial charge in [0.15, 0.2) is 0 Å². The summed E-state index contributed by atoms with van der Waals surface area (Å²) in [6, 6.07) is 13.8. The van der Waals surface area contributed by atoms with Crippen LogP contribution in [0.1, 0.15) is 16.7 Å². The predicted octanol–water partition coefficient (Wildman–Crippen LogP) is 3.11. The highest BCUT2D eigenvalue weighted by Crippen LogP contribution is 2.27. The lowest BCUT2D eigenvalue weighted by Gasteiger charge is -2.31. The highest BCUT2D eigenvalue weighted by atomic mass is 19.1. The number of hydrogen-bond acceptors (Lipinski definition) is 2. The first-order valence-electron chi connectivity index (χ1n) is 7.02. The van der Waals surface area contributed by atoms with E-state index in [2.05, 4.69) is 34.5 Å². The molecule has 0 saturated carbocycles. The van der Waals surface area contributed by atoms with Crippen LogP contribution in [-0.4, -0.2) is 13.6 Å². The molecule has 0 unspecified atom stereocenters. The summed E-state index contributed by atoms with van der Waals surface area (Å²) >= 11 is 0. The van der Waals surface area contributed by atoms with Crippen LogP contribution < -0.4 is 10.2 Å². The van der Waals surface area contributed by atoms with Crippen molar-refractivity contribution in [3.63, 3.8) is 0 Å². The van der Waals surface area contributed by atoms with E-state index in [1.54, 1.807) is 6.07 Å². The zero-order chi connectivity index (χ0) is 13.9. The quantitative estimate of drug-likeness (QED) is 0.922. The molecular weight excluding hydrogens is 251 g/mol. The number of hydrogen-bond donors (Lipinski definition) is 1. The molecule has 0 saturated heterocycles. The SMILES string of the molecule is CNCc1ccc(F)c(N2CCc3ccccc3C2)c1. The Morgan fingerprint density at radius 3 is 2.75 bits per heavy atom. The molecule has 3 rings (SSSR count). The van der Waals surface area contributed by atoms with Gasteiger partial charge in [-0.3, -0.25) is 0 Å². The Bertz CT molecular complexity index is 610. The van der Waals surface area contributed by atoms with Crippen LogP contribution in [0.25, 0.3) is 0 Å². The van der Waals surface area contributed by atoms with Crippen LogP contribution in [0.15, 0.2) is 42.5 Å². The Morgan fingerprint density at radius 1 is 1.15 bits per heavy atom. The molecule has 0 aliphatic carbocycles. The third-order valence-corrected chi connectivity index (χ3v) is 3.86. The molecule has 104 valence electrons. The van der Waals surface area contributed by atoms with E-state index in [1.165, 1.54) is 11.1 Å². The highest BCUT2D eigenvalue weighted by molar-refractivity contribution is 5.52. The minimum atomic E-state index is -0.135. The van der Waals surface area contributed by atoms with Gasteiger partial charge in [0.05, 0.1) is 5.69 Å². The van der Waals surface area contributed by atoms with Crippen LogP contribution >= 0.6 is 0 Å². The summed E-state index contributed by atoms with van der Waals surface area (Å²) < 4.78 is 14.1.